The van der Waals surface area contributed by atoms with Crippen LogP contribution in [0.5, 0.6) is 0 Å². The minimum Gasteiger partial charge on any atom is -0.437 e. The number of fused-ring (bicyclic) bond motifs is 17. The van der Waals surface area contributed by atoms with Crippen LogP contribution in [-0.4, -0.2) is 19.4 Å². The van der Waals surface area contributed by atoms with Crippen LogP contribution in [0.25, 0.3) is 114 Å². The first-order valence-corrected chi connectivity index (χ1v) is 23.5. The number of hydrogen-bond acceptors (Lipinski definition) is 5. The summed E-state index contributed by atoms with van der Waals surface area (Å²) < 4.78 is 11.7. The summed E-state index contributed by atoms with van der Waals surface area (Å²) in [7, 11) is 1.98. The second-order valence-corrected chi connectivity index (χ2v) is 19.9. The van der Waals surface area contributed by atoms with Gasteiger partial charge in [0.25, 0.3) is 0 Å². The topological polar surface area (TPSA) is 43.9 Å². The Morgan fingerprint density at radius 2 is 1.33 bits per heavy atom. The van der Waals surface area contributed by atoms with E-state index in [2.05, 4.69) is 168 Å². The summed E-state index contributed by atoms with van der Waals surface area (Å²) in [6, 6.07) is 54.8. The number of allylic oxidation sites excluding steroid dienone is 3. The van der Waals surface area contributed by atoms with Gasteiger partial charge >= 0.3 is 0 Å². The Balaban J connectivity index is 1.11. The molecule has 60 heavy (non-hydrogen) atoms. The number of hydrogen-bond donors (Lipinski definition) is 0. The average molecular weight is 820 g/mol. The number of thiophene rings is 1. The molecule has 0 aliphatic carbocycles. The molecule has 0 fully saturated rings. The Hall–Kier alpha value is -6.77. The van der Waals surface area contributed by atoms with E-state index >= 15 is 0 Å². The highest BCUT2D eigenvalue weighted by atomic mass is 33.1. The number of rotatable bonds is 3. The van der Waals surface area contributed by atoms with Crippen LogP contribution < -0.4 is 0 Å². The number of aromatic nitrogens is 3. The van der Waals surface area contributed by atoms with E-state index in [1.807, 2.05) is 34.3 Å². The maximum Gasteiger partial charge on any atom is 0.233 e. The van der Waals surface area contributed by atoms with Crippen molar-refractivity contribution in [3.63, 3.8) is 0 Å². The Labute approximate surface area is 353 Å². The molecule has 14 rings (SSSR count). The van der Waals surface area contributed by atoms with Crippen molar-refractivity contribution in [3.05, 3.63) is 181 Å². The molecule has 12 aromatic rings. The Kier molecular flexibility index (Phi) is 6.83. The number of furan rings is 1. The van der Waals surface area contributed by atoms with Crippen LogP contribution in [0.2, 0.25) is 0 Å². The third-order valence-corrected chi connectivity index (χ3v) is 17.3. The summed E-state index contributed by atoms with van der Waals surface area (Å²) in [5.74, 6) is 1.43. The predicted octanol–water partition coefficient (Wildman–Crippen LogP) is 15.4. The highest BCUT2D eigenvalue weighted by molar-refractivity contribution is 8.85. The second-order valence-electron chi connectivity index (χ2n) is 15.4. The largest absolute Gasteiger partial charge is 0.437 e. The van der Waals surface area contributed by atoms with Gasteiger partial charge < -0.3 is 4.42 Å². The van der Waals surface area contributed by atoms with E-state index in [-0.39, 0.29) is 9.52 Å². The van der Waals surface area contributed by atoms with Gasteiger partial charge in [-0.05, 0) is 63.0 Å². The lowest BCUT2D eigenvalue weighted by Crippen LogP contribution is -2.02. The summed E-state index contributed by atoms with van der Waals surface area (Å²) >= 11 is 1.89. The fourth-order valence-corrected chi connectivity index (χ4v) is 15.0. The fraction of sp³-hybridized carbons (Fsp3) is 0. The maximum absolute atomic E-state index is 6.69. The van der Waals surface area contributed by atoms with Crippen molar-refractivity contribution in [1.29, 1.82) is 0 Å². The molecule has 7 heteroatoms. The van der Waals surface area contributed by atoms with Gasteiger partial charge in [-0.15, -0.1) is 11.3 Å². The van der Waals surface area contributed by atoms with E-state index in [0.29, 0.717) is 11.5 Å². The van der Waals surface area contributed by atoms with E-state index < -0.39 is 0 Å². The summed E-state index contributed by atoms with van der Waals surface area (Å²) in [4.78, 5) is 13.7. The molecule has 0 saturated heterocycles. The minimum absolute atomic E-state index is 0.0191. The van der Waals surface area contributed by atoms with E-state index in [9.17, 15) is 0 Å². The SMILES string of the molecule is C1=CC2=S(C=C1)Sc1c2cccc1-c1cccc(-c2nc(-n3c4ccc5ccccc5c4c4c5sc6ccccc6c5c5ccccc5c43)c3c(n2)oc2ccccc23)c1. The summed E-state index contributed by atoms with van der Waals surface area (Å²) in [5.41, 5.74) is 8.24. The lowest BCUT2D eigenvalue weighted by molar-refractivity contribution is 0.653. The summed E-state index contributed by atoms with van der Waals surface area (Å²) in [6.45, 7) is 0. The van der Waals surface area contributed by atoms with Gasteiger partial charge in [0.15, 0.2) is 11.6 Å². The Morgan fingerprint density at radius 3 is 2.27 bits per heavy atom. The third kappa shape index (κ3) is 4.51. The van der Waals surface area contributed by atoms with E-state index in [0.717, 1.165) is 44.3 Å². The van der Waals surface area contributed by atoms with Crippen LogP contribution in [0, 0.1) is 0 Å². The van der Waals surface area contributed by atoms with Crippen molar-refractivity contribution in [3.8, 4) is 28.3 Å². The zero-order valence-corrected chi connectivity index (χ0v) is 34.2. The van der Waals surface area contributed by atoms with E-state index in [4.69, 9.17) is 14.4 Å². The monoisotopic (exact) mass is 819 g/mol. The molecule has 1 unspecified atom stereocenters. The van der Waals surface area contributed by atoms with Gasteiger partial charge in [0.2, 0.25) is 5.71 Å². The average Bonchev–Trinajstić information content (AvgIpc) is 4.08. The Bertz CT molecular complexity index is 3990. The quantitative estimate of drug-likeness (QED) is 0.132. The van der Waals surface area contributed by atoms with Gasteiger partial charge in [0, 0.05) is 62.6 Å². The molecule has 0 N–H and O–H groups in total. The zero-order chi connectivity index (χ0) is 39.1. The highest BCUT2D eigenvalue weighted by Gasteiger charge is 2.28. The van der Waals surface area contributed by atoms with Gasteiger partial charge in [-0.2, -0.15) is 4.98 Å². The number of para-hydroxylation sites is 1. The molecule has 280 valence electrons. The van der Waals surface area contributed by atoms with Crippen LogP contribution >= 0.6 is 31.6 Å². The molecule has 4 nitrogen and oxygen atoms in total. The van der Waals surface area contributed by atoms with Gasteiger partial charge in [0.1, 0.15) is 5.58 Å². The predicted molar refractivity (Wildman–Crippen MR) is 258 cm³/mol. The maximum atomic E-state index is 6.69. The van der Waals surface area contributed by atoms with Crippen LogP contribution in [0.1, 0.15) is 5.56 Å². The van der Waals surface area contributed by atoms with Crippen LogP contribution in [-0.2, 0) is 0 Å². The van der Waals surface area contributed by atoms with Crippen molar-refractivity contribution in [2.24, 2.45) is 0 Å². The van der Waals surface area contributed by atoms with E-state index in [1.165, 1.54) is 73.4 Å². The molecule has 8 aromatic carbocycles. The van der Waals surface area contributed by atoms with Crippen molar-refractivity contribution >= 4 is 122 Å². The zero-order valence-electron chi connectivity index (χ0n) is 31.7. The molecule has 0 radical (unpaired) electrons. The van der Waals surface area contributed by atoms with Crippen LogP contribution in [0.3, 0.4) is 0 Å². The van der Waals surface area contributed by atoms with Crippen molar-refractivity contribution < 1.29 is 4.42 Å². The van der Waals surface area contributed by atoms with Gasteiger partial charge in [-0.25, -0.2) is 4.98 Å². The fourth-order valence-electron chi connectivity index (χ4n) is 9.68. The standard InChI is InChI=1S/C53H29N3OS3/c1-2-16-33-30(13-1)26-27-40-45(33)47-48(36-18-4-3-17-35(36)44-38-20-6-8-24-42(38)58-50(44)47)56(40)52-46-37-19-5-7-23-41(37)57-53(46)55-51(54-52)32-15-11-14-31(29-32)34-21-12-22-39-43-25-9-10-28-60(43)59-49(34)39/h1-29H. The second kappa shape index (κ2) is 12.4. The molecule has 2 aliphatic rings. The molecule has 2 aliphatic heterocycles. The smallest absolute Gasteiger partial charge is 0.233 e. The van der Waals surface area contributed by atoms with Crippen LogP contribution in [0.15, 0.2) is 185 Å². The summed E-state index contributed by atoms with van der Waals surface area (Å²) in [6.07, 6.45) is 6.59. The van der Waals surface area contributed by atoms with Gasteiger partial charge in [0.05, 0.1) is 16.4 Å². The van der Waals surface area contributed by atoms with Gasteiger partial charge in [-0.3, -0.25) is 4.57 Å². The molecule has 6 heterocycles. The third-order valence-electron chi connectivity index (χ3n) is 12.2. The normalized spacial score (nSPS) is 14.9. The summed E-state index contributed by atoms with van der Waals surface area (Å²) in [5, 5.41) is 14.1. The number of benzene rings is 8. The molecule has 0 bridgehead atoms. The molecule has 0 saturated carbocycles. The molecule has 0 amide bonds. The van der Waals surface area contributed by atoms with Gasteiger partial charge in [-0.1, -0.05) is 160 Å². The molecular weight excluding hydrogens is 791 g/mol. The lowest BCUT2D eigenvalue weighted by Gasteiger charge is -2.13. The van der Waals surface area contributed by atoms with Crippen molar-refractivity contribution in [1.82, 2.24) is 14.5 Å². The first-order valence-electron chi connectivity index (χ1n) is 20.0. The molecule has 4 aromatic heterocycles. The molecule has 0 spiro atoms. The van der Waals surface area contributed by atoms with Crippen LogP contribution in [0.4, 0.5) is 0 Å². The molecular formula is C53H29N3OS3. The minimum atomic E-state index is 0.0191. The Morgan fingerprint density at radius 1 is 0.567 bits per heavy atom. The van der Waals surface area contributed by atoms with Crippen molar-refractivity contribution in [2.75, 3.05) is 0 Å². The molecule has 1 atom stereocenters. The number of nitrogens with zero attached hydrogens (tertiary/aromatic N) is 3. The first kappa shape index (κ1) is 33.1. The van der Waals surface area contributed by atoms with E-state index in [1.54, 1.807) is 0 Å². The van der Waals surface area contributed by atoms with Crippen molar-refractivity contribution in [2.45, 2.75) is 4.90 Å². The lowest BCUT2D eigenvalue weighted by atomic mass is 9.98. The highest BCUT2D eigenvalue weighted by Crippen LogP contribution is 2.54. The first-order chi connectivity index (χ1) is 29.8.